The van der Waals surface area contributed by atoms with Crippen molar-refractivity contribution in [2.75, 3.05) is 0 Å². The zero-order chi connectivity index (χ0) is 25.3. The fourth-order valence-corrected chi connectivity index (χ4v) is 3.14. The maximum atomic E-state index is 13.4. The van der Waals surface area contributed by atoms with Crippen molar-refractivity contribution in [3.63, 3.8) is 0 Å². The summed E-state index contributed by atoms with van der Waals surface area (Å²) in [6.45, 7) is 5.01. The number of esters is 1. The zero-order valence-corrected chi connectivity index (χ0v) is 19.1. The van der Waals surface area contributed by atoms with E-state index in [4.69, 9.17) is 21.1 Å². The van der Waals surface area contributed by atoms with Crippen molar-refractivity contribution >= 4 is 23.5 Å². The third kappa shape index (κ3) is 5.88. The number of carbonyl (C=O) groups excluding carboxylic acids is 1. The molecule has 3 rings (SSSR count). The average Bonchev–Trinajstić information content (AvgIpc) is 3.08. The Morgan fingerprint density at radius 2 is 1.71 bits per heavy atom. The van der Waals surface area contributed by atoms with Crippen LogP contribution in [-0.4, -0.2) is 32.4 Å². The van der Waals surface area contributed by atoms with E-state index in [1.807, 2.05) is 0 Å². The molecule has 3 aromatic rings. The van der Waals surface area contributed by atoms with Crippen LogP contribution in [0, 0.1) is 0 Å². The minimum absolute atomic E-state index is 0.0209. The van der Waals surface area contributed by atoms with Crippen molar-refractivity contribution < 1.29 is 37.3 Å². The Labute approximate surface area is 197 Å². The fourth-order valence-electron chi connectivity index (χ4n) is 2.86. The summed E-state index contributed by atoms with van der Waals surface area (Å²) in [6, 6.07) is 11.3. The Kier molecular flexibility index (Phi) is 6.92. The van der Waals surface area contributed by atoms with E-state index in [9.17, 15) is 27.9 Å². The van der Waals surface area contributed by atoms with Gasteiger partial charge in [0.25, 0.3) is 0 Å². The Hall–Kier alpha value is -3.53. The molecule has 180 valence electrons. The van der Waals surface area contributed by atoms with Gasteiger partial charge in [-0.05, 0) is 56.7 Å². The summed E-state index contributed by atoms with van der Waals surface area (Å²) in [7, 11) is 0. The van der Waals surface area contributed by atoms with E-state index in [0.29, 0.717) is 11.1 Å². The van der Waals surface area contributed by atoms with Gasteiger partial charge in [0.2, 0.25) is 5.88 Å². The molecule has 1 aromatic heterocycles. The first kappa shape index (κ1) is 25.1. The van der Waals surface area contributed by atoms with Gasteiger partial charge in [0.1, 0.15) is 17.2 Å². The van der Waals surface area contributed by atoms with Crippen molar-refractivity contribution in [1.29, 1.82) is 0 Å². The lowest BCUT2D eigenvalue weighted by Crippen LogP contribution is -2.23. The van der Waals surface area contributed by atoms with Gasteiger partial charge >= 0.3 is 18.1 Å². The molecule has 0 saturated heterocycles. The fraction of sp³-hybridized carbons (Fsp3) is 0.261. The van der Waals surface area contributed by atoms with Crippen LogP contribution >= 0.6 is 11.6 Å². The topological polar surface area (TPSA) is 90.7 Å². The molecule has 2 aromatic carbocycles. The molecule has 11 heteroatoms. The van der Waals surface area contributed by atoms with E-state index in [-0.39, 0.29) is 17.9 Å². The third-order valence-electron chi connectivity index (χ3n) is 4.36. The molecular weight excluding hydrogens is 477 g/mol. The SMILES string of the molecule is CC(C)(C)OC(=O)c1ccc(COc2c(Cl)c(C(F)(F)F)nn2-c2cccc(C(=O)O)c2)cc1. The summed E-state index contributed by atoms with van der Waals surface area (Å²) in [5.41, 5.74) is -1.34. The molecule has 34 heavy (non-hydrogen) atoms. The number of rotatable bonds is 6. The second-order valence-corrected chi connectivity index (χ2v) is 8.60. The van der Waals surface area contributed by atoms with Gasteiger partial charge < -0.3 is 14.6 Å². The Bertz CT molecular complexity index is 1210. The van der Waals surface area contributed by atoms with Crippen LogP contribution in [0.4, 0.5) is 13.2 Å². The minimum Gasteiger partial charge on any atom is -0.478 e. The number of carboxylic acids is 1. The van der Waals surface area contributed by atoms with Gasteiger partial charge in [-0.15, -0.1) is 0 Å². The Morgan fingerprint density at radius 1 is 1.06 bits per heavy atom. The smallest absolute Gasteiger partial charge is 0.436 e. The highest BCUT2D eigenvalue weighted by Gasteiger charge is 2.40. The van der Waals surface area contributed by atoms with E-state index in [1.54, 1.807) is 32.9 Å². The molecule has 0 saturated carbocycles. The lowest BCUT2D eigenvalue weighted by molar-refractivity contribution is -0.141. The lowest BCUT2D eigenvalue weighted by Gasteiger charge is -2.19. The molecule has 0 fully saturated rings. The molecule has 0 aliphatic heterocycles. The van der Waals surface area contributed by atoms with Gasteiger partial charge in [0.15, 0.2) is 5.69 Å². The molecule has 0 radical (unpaired) electrons. The molecule has 0 aliphatic rings. The summed E-state index contributed by atoms with van der Waals surface area (Å²) in [6.07, 6.45) is -4.86. The van der Waals surface area contributed by atoms with Gasteiger partial charge in [-0.25, -0.2) is 9.59 Å². The molecule has 0 amide bonds. The van der Waals surface area contributed by atoms with Crippen molar-refractivity contribution in [2.24, 2.45) is 0 Å². The molecule has 0 bridgehead atoms. The van der Waals surface area contributed by atoms with Crippen LogP contribution in [0.15, 0.2) is 48.5 Å². The molecule has 0 unspecified atom stereocenters. The van der Waals surface area contributed by atoms with Crippen LogP contribution in [0.3, 0.4) is 0 Å². The van der Waals surface area contributed by atoms with Crippen LogP contribution in [-0.2, 0) is 17.5 Å². The second kappa shape index (κ2) is 9.38. The summed E-state index contributed by atoms with van der Waals surface area (Å²) in [4.78, 5) is 23.4. The highest BCUT2D eigenvalue weighted by atomic mass is 35.5. The minimum atomic E-state index is -4.86. The van der Waals surface area contributed by atoms with E-state index in [1.165, 1.54) is 30.3 Å². The number of aromatic nitrogens is 2. The van der Waals surface area contributed by atoms with Crippen molar-refractivity contribution in [2.45, 2.75) is 39.2 Å². The first-order valence-corrected chi connectivity index (χ1v) is 10.3. The van der Waals surface area contributed by atoms with Gasteiger partial charge in [-0.3, -0.25) is 0 Å². The summed E-state index contributed by atoms with van der Waals surface area (Å²) >= 11 is 5.96. The largest absolute Gasteiger partial charge is 0.478 e. The monoisotopic (exact) mass is 496 g/mol. The number of nitrogens with zero attached hydrogens (tertiary/aromatic N) is 2. The van der Waals surface area contributed by atoms with Crippen LogP contribution in [0.25, 0.3) is 5.69 Å². The zero-order valence-electron chi connectivity index (χ0n) is 18.3. The molecule has 1 heterocycles. The first-order valence-electron chi connectivity index (χ1n) is 9.91. The number of alkyl halides is 3. The normalized spacial score (nSPS) is 11.9. The van der Waals surface area contributed by atoms with Crippen molar-refractivity contribution in [1.82, 2.24) is 9.78 Å². The van der Waals surface area contributed by atoms with Crippen LogP contribution in [0.2, 0.25) is 5.02 Å². The van der Waals surface area contributed by atoms with Gasteiger partial charge in [-0.1, -0.05) is 29.8 Å². The molecule has 1 N–H and O–H groups in total. The molecular formula is C23H20ClF3N2O5. The number of aromatic carboxylic acids is 1. The van der Waals surface area contributed by atoms with Crippen LogP contribution in [0.5, 0.6) is 5.88 Å². The number of halogens is 4. The highest BCUT2D eigenvalue weighted by molar-refractivity contribution is 6.32. The quantitative estimate of drug-likeness (QED) is 0.435. The van der Waals surface area contributed by atoms with E-state index >= 15 is 0 Å². The standard InChI is InChI=1S/C23H20ClF3N2O5/c1-22(2,3)34-21(32)14-9-7-13(8-10-14)12-33-19-17(24)18(23(25,26)27)28-29(19)16-6-4-5-15(11-16)20(30)31/h4-11H,12H2,1-3H3,(H,30,31). The van der Waals surface area contributed by atoms with E-state index < -0.39 is 40.3 Å². The predicted molar refractivity (Wildman–Crippen MR) is 116 cm³/mol. The van der Waals surface area contributed by atoms with Crippen LogP contribution < -0.4 is 4.74 Å². The average molecular weight is 497 g/mol. The van der Waals surface area contributed by atoms with E-state index in [2.05, 4.69) is 5.10 Å². The Morgan fingerprint density at radius 3 is 2.26 bits per heavy atom. The maximum Gasteiger partial charge on any atom is 0.436 e. The molecule has 7 nitrogen and oxygen atoms in total. The second-order valence-electron chi connectivity index (χ2n) is 8.22. The maximum absolute atomic E-state index is 13.4. The van der Waals surface area contributed by atoms with Crippen molar-refractivity contribution in [3.05, 3.63) is 75.9 Å². The highest BCUT2D eigenvalue weighted by Crippen LogP contribution is 2.40. The number of carboxylic acid groups (broad SMARTS) is 1. The number of benzene rings is 2. The first-order chi connectivity index (χ1) is 15.8. The molecule has 0 aliphatic carbocycles. The number of carbonyl (C=O) groups is 2. The van der Waals surface area contributed by atoms with Crippen molar-refractivity contribution in [3.8, 4) is 11.6 Å². The van der Waals surface area contributed by atoms with Gasteiger partial charge in [0, 0.05) is 0 Å². The third-order valence-corrected chi connectivity index (χ3v) is 4.70. The number of hydrogen-bond acceptors (Lipinski definition) is 5. The predicted octanol–water partition coefficient (Wildman–Crippen LogP) is 5.78. The molecule has 0 spiro atoms. The lowest BCUT2D eigenvalue weighted by atomic mass is 10.1. The molecule has 0 atom stereocenters. The van der Waals surface area contributed by atoms with Crippen LogP contribution in [0.1, 0.15) is 52.7 Å². The Balaban J connectivity index is 1.90. The van der Waals surface area contributed by atoms with E-state index in [0.717, 1.165) is 10.7 Å². The van der Waals surface area contributed by atoms with Gasteiger partial charge in [-0.2, -0.15) is 23.0 Å². The number of hydrogen-bond donors (Lipinski definition) is 1. The number of ether oxygens (including phenoxy) is 2. The van der Waals surface area contributed by atoms with Gasteiger partial charge in [0.05, 0.1) is 16.8 Å². The summed E-state index contributed by atoms with van der Waals surface area (Å²) in [5, 5.41) is 11.9. The summed E-state index contributed by atoms with van der Waals surface area (Å²) in [5.74, 6) is -2.19. The summed E-state index contributed by atoms with van der Waals surface area (Å²) < 4.78 is 51.9.